The molecular formula is C30H31N3O2. The van der Waals surface area contributed by atoms with Gasteiger partial charge in [0.1, 0.15) is 6.61 Å². The zero-order valence-corrected chi connectivity index (χ0v) is 20.1. The Labute approximate surface area is 207 Å². The van der Waals surface area contributed by atoms with Crippen LogP contribution < -0.4 is 9.47 Å². The molecule has 4 aromatic carbocycles. The lowest BCUT2D eigenvalue weighted by Crippen LogP contribution is -2.43. The molecule has 178 valence electrons. The summed E-state index contributed by atoms with van der Waals surface area (Å²) in [5.74, 6) is 1.44. The van der Waals surface area contributed by atoms with Crippen molar-refractivity contribution in [1.29, 1.82) is 0 Å². The summed E-state index contributed by atoms with van der Waals surface area (Å²) in [6.45, 7) is 5.28. The first-order chi connectivity index (χ1) is 17.3. The molecular weight excluding hydrogens is 434 g/mol. The van der Waals surface area contributed by atoms with E-state index in [-0.39, 0.29) is 0 Å². The van der Waals surface area contributed by atoms with Gasteiger partial charge in [0.15, 0.2) is 11.5 Å². The molecule has 0 aliphatic carbocycles. The van der Waals surface area contributed by atoms with Gasteiger partial charge in [-0.25, -0.2) is 0 Å². The Morgan fingerprint density at radius 2 is 1.57 bits per heavy atom. The molecule has 0 N–H and O–H groups in total. The second kappa shape index (κ2) is 11.1. The molecule has 0 aromatic heterocycles. The fourth-order valence-corrected chi connectivity index (χ4v) is 4.45. The van der Waals surface area contributed by atoms with Crippen LogP contribution in [0, 0.1) is 0 Å². The number of hydrogen-bond donors (Lipinski definition) is 0. The molecule has 4 aromatic rings. The molecule has 1 aliphatic heterocycles. The Balaban J connectivity index is 1.18. The van der Waals surface area contributed by atoms with Crippen molar-refractivity contribution in [2.75, 3.05) is 33.3 Å². The van der Waals surface area contributed by atoms with E-state index in [1.54, 1.807) is 7.11 Å². The lowest BCUT2D eigenvalue weighted by molar-refractivity contribution is 0.131. The van der Waals surface area contributed by atoms with Crippen LogP contribution in [-0.2, 0) is 13.2 Å². The largest absolute Gasteiger partial charge is 0.493 e. The molecule has 1 saturated heterocycles. The van der Waals surface area contributed by atoms with Gasteiger partial charge in [0.05, 0.1) is 13.3 Å². The molecule has 0 spiro atoms. The van der Waals surface area contributed by atoms with Crippen molar-refractivity contribution in [3.63, 3.8) is 0 Å². The molecule has 5 rings (SSSR count). The summed E-state index contributed by atoms with van der Waals surface area (Å²) in [6, 6.07) is 31.3. The zero-order chi connectivity index (χ0) is 23.9. The van der Waals surface area contributed by atoms with Gasteiger partial charge in [-0.1, -0.05) is 72.8 Å². The van der Waals surface area contributed by atoms with Gasteiger partial charge < -0.3 is 9.47 Å². The van der Waals surface area contributed by atoms with Gasteiger partial charge in [-0.2, -0.15) is 5.10 Å². The van der Waals surface area contributed by atoms with Crippen molar-refractivity contribution in [2.45, 2.75) is 13.2 Å². The first-order valence-corrected chi connectivity index (χ1v) is 12.1. The van der Waals surface area contributed by atoms with Gasteiger partial charge in [0, 0.05) is 32.7 Å². The number of hydrogen-bond acceptors (Lipinski definition) is 5. The van der Waals surface area contributed by atoms with E-state index in [1.165, 1.54) is 16.3 Å². The van der Waals surface area contributed by atoms with Crippen molar-refractivity contribution in [2.24, 2.45) is 5.10 Å². The third-order valence-corrected chi connectivity index (χ3v) is 6.42. The predicted molar refractivity (Wildman–Crippen MR) is 142 cm³/mol. The Bertz CT molecular complexity index is 1280. The highest BCUT2D eigenvalue weighted by atomic mass is 16.5. The average molecular weight is 466 g/mol. The normalized spacial score (nSPS) is 14.5. The van der Waals surface area contributed by atoms with Crippen LogP contribution in [0.2, 0.25) is 0 Å². The first kappa shape index (κ1) is 22.9. The van der Waals surface area contributed by atoms with E-state index in [0.717, 1.165) is 55.3 Å². The molecule has 0 unspecified atom stereocenters. The van der Waals surface area contributed by atoms with Gasteiger partial charge in [-0.05, 0) is 45.7 Å². The fourth-order valence-electron chi connectivity index (χ4n) is 4.45. The van der Waals surface area contributed by atoms with Gasteiger partial charge in [-0.15, -0.1) is 0 Å². The third-order valence-electron chi connectivity index (χ3n) is 6.42. The predicted octanol–water partition coefficient (Wildman–Crippen LogP) is 5.58. The lowest BCUT2D eigenvalue weighted by Gasteiger charge is -2.33. The molecule has 5 nitrogen and oxygen atoms in total. The highest BCUT2D eigenvalue weighted by Crippen LogP contribution is 2.28. The van der Waals surface area contributed by atoms with E-state index in [2.05, 4.69) is 64.5 Å². The standard InChI is InChI=1S/C30H31N3O2/c1-34-29-15-14-25(20-30(29)35-23-24-8-3-2-4-9-24)21-31-33-18-16-32(17-19-33)22-27-12-7-11-26-10-5-6-13-28(26)27/h2-15,20-21H,16-19,22-23H2,1H3/b31-21+. The number of nitrogens with zero attached hydrogens (tertiary/aromatic N) is 3. The minimum absolute atomic E-state index is 0.496. The van der Waals surface area contributed by atoms with Crippen LogP contribution in [0.5, 0.6) is 11.5 Å². The maximum Gasteiger partial charge on any atom is 0.162 e. The van der Waals surface area contributed by atoms with Crippen molar-refractivity contribution in [3.8, 4) is 11.5 Å². The number of rotatable bonds is 8. The van der Waals surface area contributed by atoms with Crippen LogP contribution in [0.25, 0.3) is 10.8 Å². The van der Waals surface area contributed by atoms with E-state index >= 15 is 0 Å². The van der Waals surface area contributed by atoms with E-state index < -0.39 is 0 Å². The second-order valence-electron chi connectivity index (χ2n) is 8.80. The Morgan fingerprint density at radius 3 is 2.40 bits per heavy atom. The maximum absolute atomic E-state index is 6.04. The molecule has 0 amide bonds. The third kappa shape index (κ3) is 5.81. The minimum atomic E-state index is 0.496. The second-order valence-corrected chi connectivity index (χ2v) is 8.80. The highest BCUT2D eigenvalue weighted by Gasteiger charge is 2.16. The number of benzene rings is 4. The lowest BCUT2D eigenvalue weighted by atomic mass is 10.0. The summed E-state index contributed by atoms with van der Waals surface area (Å²) in [7, 11) is 1.66. The van der Waals surface area contributed by atoms with Crippen LogP contribution in [0.4, 0.5) is 0 Å². The maximum atomic E-state index is 6.04. The Hall–Kier alpha value is -3.83. The van der Waals surface area contributed by atoms with Crippen LogP contribution in [0.1, 0.15) is 16.7 Å². The SMILES string of the molecule is COc1ccc(/C=N/N2CCN(Cc3cccc4ccccc34)CC2)cc1OCc1ccccc1. The number of piperazine rings is 1. The number of ether oxygens (including phenoxy) is 2. The fraction of sp³-hybridized carbons (Fsp3) is 0.233. The number of methoxy groups -OCH3 is 1. The number of fused-ring (bicyclic) bond motifs is 1. The molecule has 1 heterocycles. The summed E-state index contributed by atoms with van der Waals surface area (Å²) in [5, 5.41) is 9.55. The van der Waals surface area contributed by atoms with Crippen LogP contribution in [0.15, 0.2) is 96.1 Å². The van der Waals surface area contributed by atoms with Crippen molar-refractivity contribution < 1.29 is 9.47 Å². The Morgan fingerprint density at radius 1 is 0.800 bits per heavy atom. The van der Waals surface area contributed by atoms with Gasteiger partial charge >= 0.3 is 0 Å². The van der Waals surface area contributed by atoms with Crippen LogP contribution >= 0.6 is 0 Å². The molecule has 35 heavy (non-hydrogen) atoms. The van der Waals surface area contributed by atoms with Crippen LogP contribution in [-0.4, -0.2) is 49.4 Å². The topological polar surface area (TPSA) is 37.3 Å². The minimum Gasteiger partial charge on any atom is -0.493 e. The molecule has 0 radical (unpaired) electrons. The summed E-state index contributed by atoms with van der Waals surface area (Å²) in [6.07, 6.45) is 1.91. The summed E-state index contributed by atoms with van der Waals surface area (Å²) < 4.78 is 11.5. The van der Waals surface area contributed by atoms with Crippen molar-refractivity contribution in [3.05, 3.63) is 108 Å². The zero-order valence-electron chi connectivity index (χ0n) is 20.1. The molecule has 0 saturated carbocycles. The van der Waals surface area contributed by atoms with E-state index in [1.807, 2.05) is 42.6 Å². The quantitative estimate of drug-likeness (QED) is 0.319. The summed E-state index contributed by atoms with van der Waals surface area (Å²) in [4.78, 5) is 2.51. The summed E-state index contributed by atoms with van der Waals surface area (Å²) in [5.41, 5.74) is 3.50. The van der Waals surface area contributed by atoms with Gasteiger partial charge in [0.2, 0.25) is 0 Å². The summed E-state index contributed by atoms with van der Waals surface area (Å²) >= 11 is 0. The van der Waals surface area contributed by atoms with Crippen molar-refractivity contribution in [1.82, 2.24) is 9.91 Å². The van der Waals surface area contributed by atoms with Gasteiger partial charge in [-0.3, -0.25) is 9.91 Å². The first-order valence-electron chi connectivity index (χ1n) is 12.1. The van der Waals surface area contributed by atoms with Crippen molar-refractivity contribution >= 4 is 17.0 Å². The van der Waals surface area contributed by atoms with E-state index in [4.69, 9.17) is 14.6 Å². The monoisotopic (exact) mass is 465 g/mol. The van der Waals surface area contributed by atoms with E-state index in [0.29, 0.717) is 6.61 Å². The van der Waals surface area contributed by atoms with Crippen LogP contribution in [0.3, 0.4) is 0 Å². The smallest absolute Gasteiger partial charge is 0.162 e. The molecule has 0 atom stereocenters. The van der Waals surface area contributed by atoms with Gasteiger partial charge in [0.25, 0.3) is 0 Å². The average Bonchev–Trinajstić information content (AvgIpc) is 2.92. The molecule has 1 fully saturated rings. The number of hydrazone groups is 1. The van der Waals surface area contributed by atoms with E-state index in [9.17, 15) is 0 Å². The molecule has 1 aliphatic rings. The molecule has 5 heteroatoms. The Kier molecular flexibility index (Phi) is 7.25. The highest BCUT2D eigenvalue weighted by molar-refractivity contribution is 5.85. The molecule has 0 bridgehead atoms.